The number of rotatable bonds is 9. The summed E-state index contributed by atoms with van der Waals surface area (Å²) in [6, 6.07) is 5.48. The molecular weight excluding hydrogens is 559 g/mol. The molecule has 1 fully saturated rings. The first kappa shape index (κ1) is 31.3. The van der Waals surface area contributed by atoms with E-state index in [9.17, 15) is 40.4 Å². The van der Waals surface area contributed by atoms with E-state index in [0.717, 1.165) is 24.5 Å². The Morgan fingerprint density at radius 3 is 2.38 bits per heavy atom. The molecule has 3 rings (SSSR count). The Balaban J connectivity index is 1.87. The lowest BCUT2D eigenvalue weighted by molar-refractivity contribution is -0.211. The van der Waals surface area contributed by atoms with Crippen molar-refractivity contribution in [2.45, 2.75) is 70.9 Å². The Hall–Kier alpha value is -3.21. The number of nitrogens with one attached hydrogen (secondary N) is 1. The number of nitriles is 1. The third-order valence-electron chi connectivity index (χ3n) is 7.21. The third kappa shape index (κ3) is 7.10. The Morgan fingerprint density at radius 1 is 1.23 bits per heavy atom. The van der Waals surface area contributed by atoms with Crippen LogP contribution in [0.5, 0.6) is 5.75 Å². The summed E-state index contributed by atoms with van der Waals surface area (Å²) >= 11 is 0. The molecule has 0 spiro atoms. The Kier molecular flexibility index (Phi) is 9.18. The van der Waals surface area contributed by atoms with E-state index < -0.39 is 51.4 Å². The molecule has 220 valence electrons. The molecule has 40 heavy (non-hydrogen) atoms. The van der Waals surface area contributed by atoms with Crippen LogP contribution in [-0.2, 0) is 16.3 Å². The van der Waals surface area contributed by atoms with Crippen molar-refractivity contribution in [1.82, 2.24) is 14.9 Å². The van der Waals surface area contributed by atoms with E-state index >= 15 is 0 Å². The summed E-state index contributed by atoms with van der Waals surface area (Å²) in [5, 5.41) is 12.2. The standard InChI is InChI=1S/C26H31F5N4O4S/c1-15-34-22(23(36)33-14-16-5-8-18(9-6-16)40(4,37)38)20(13-32)35(15)19-10-7-17(11-21(19)39-24(27)28)12-25(2,3)26(29,30)31/h7,10-11,16,18,24H,5-6,8-9,12,14H2,1-4H3,(H,33,36). The van der Waals surface area contributed by atoms with Crippen LogP contribution in [0.4, 0.5) is 22.0 Å². The van der Waals surface area contributed by atoms with E-state index in [1.54, 1.807) is 0 Å². The predicted molar refractivity (Wildman–Crippen MR) is 136 cm³/mol. The highest BCUT2D eigenvalue weighted by molar-refractivity contribution is 7.91. The second kappa shape index (κ2) is 11.7. The number of imidazole rings is 1. The Bertz CT molecular complexity index is 1390. The second-order valence-electron chi connectivity index (χ2n) is 10.7. The first-order chi connectivity index (χ1) is 18.4. The van der Waals surface area contributed by atoms with Gasteiger partial charge in [0.2, 0.25) is 0 Å². The molecule has 1 amide bonds. The molecule has 1 N–H and O–H groups in total. The van der Waals surface area contributed by atoms with Crippen LogP contribution in [0.25, 0.3) is 5.69 Å². The molecule has 1 saturated carbocycles. The van der Waals surface area contributed by atoms with Crippen LogP contribution in [-0.4, -0.2) is 54.7 Å². The molecule has 2 aromatic rings. The molecule has 0 radical (unpaired) electrons. The molecular formula is C26H31F5N4O4S. The largest absolute Gasteiger partial charge is 0.433 e. The highest BCUT2D eigenvalue weighted by Gasteiger charge is 2.47. The van der Waals surface area contributed by atoms with Crippen LogP contribution in [0.3, 0.4) is 0 Å². The minimum Gasteiger partial charge on any atom is -0.433 e. The van der Waals surface area contributed by atoms with Gasteiger partial charge in [-0.15, -0.1) is 0 Å². The Morgan fingerprint density at radius 2 is 1.85 bits per heavy atom. The van der Waals surface area contributed by atoms with Gasteiger partial charge in [0, 0.05) is 12.8 Å². The number of hydrogen-bond donors (Lipinski definition) is 1. The van der Waals surface area contributed by atoms with E-state index in [1.165, 1.54) is 25.3 Å². The van der Waals surface area contributed by atoms with E-state index in [1.807, 2.05) is 6.07 Å². The smallest absolute Gasteiger partial charge is 0.394 e. The van der Waals surface area contributed by atoms with Crippen molar-refractivity contribution in [2.24, 2.45) is 11.3 Å². The number of sulfone groups is 1. The molecule has 1 aliphatic rings. The molecule has 0 bridgehead atoms. The van der Waals surface area contributed by atoms with Gasteiger partial charge in [0.25, 0.3) is 5.91 Å². The molecule has 0 saturated heterocycles. The first-order valence-electron chi connectivity index (χ1n) is 12.6. The van der Waals surface area contributed by atoms with Gasteiger partial charge in [0.05, 0.1) is 16.4 Å². The lowest BCUT2D eigenvalue weighted by atomic mass is 9.85. The van der Waals surface area contributed by atoms with Gasteiger partial charge in [-0.3, -0.25) is 9.36 Å². The van der Waals surface area contributed by atoms with Crippen molar-refractivity contribution >= 4 is 15.7 Å². The number of hydrogen-bond acceptors (Lipinski definition) is 6. The maximum atomic E-state index is 13.4. The van der Waals surface area contributed by atoms with Crippen molar-refractivity contribution in [2.75, 3.05) is 12.8 Å². The van der Waals surface area contributed by atoms with Crippen molar-refractivity contribution in [3.8, 4) is 17.5 Å². The van der Waals surface area contributed by atoms with Gasteiger partial charge >= 0.3 is 12.8 Å². The molecule has 1 aromatic carbocycles. The van der Waals surface area contributed by atoms with Crippen LogP contribution in [0.2, 0.25) is 0 Å². The highest BCUT2D eigenvalue weighted by Crippen LogP contribution is 2.41. The molecule has 0 unspecified atom stereocenters. The number of aryl methyl sites for hydroxylation is 1. The number of carbonyl (C=O) groups is 1. The monoisotopic (exact) mass is 590 g/mol. The zero-order chi connectivity index (χ0) is 30.0. The van der Waals surface area contributed by atoms with E-state index in [0.29, 0.717) is 25.7 Å². The summed E-state index contributed by atoms with van der Waals surface area (Å²) in [5.41, 5.74) is -2.67. The third-order valence-corrected chi connectivity index (χ3v) is 8.89. The molecule has 1 heterocycles. The lowest BCUT2D eigenvalue weighted by Gasteiger charge is -2.28. The fourth-order valence-corrected chi connectivity index (χ4v) is 5.96. The highest BCUT2D eigenvalue weighted by atomic mass is 32.2. The summed E-state index contributed by atoms with van der Waals surface area (Å²) in [6.45, 7) is 0.348. The number of alkyl halides is 5. The minimum atomic E-state index is -4.54. The number of halogens is 5. The van der Waals surface area contributed by atoms with Crippen molar-refractivity contribution in [1.29, 1.82) is 5.26 Å². The maximum absolute atomic E-state index is 13.4. The predicted octanol–water partition coefficient (Wildman–Crippen LogP) is 5.12. The Labute approximate surface area is 229 Å². The van der Waals surface area contributed by atoms with Gasteiger partial charge in [0.15, 0.2) is 11.4 Å². The van der Waals surface area contributed by atoms with Gasteiger partial charge in [0.1, 0.15) is 27.5 Å². The van der Waals surface area contributed by atoms with Gasteiger partial charge in [-0.05, 0) is 62.6 Å². The minimum absolute atomic E-state index is 0.0372. The fourth-order valence-electron chi connectivity index (χ4n) is 4.83. The van der Waals surface area contributed by atoms with E-state index in [4.69, 9.17) is 0 Å². The van der Waals surface area contributed by atoms with Gasteiger partial charge in [-0.25, -0.2) is 13.4 Å². The fraction of sp³-hybridized carbons (Fsp3) is 0.577. The molecule has 14 heteroatoms. The second-order valence-corrected chi connectivity index (χ2v) is 13.1. The molecule has 0 aliphatic heterocycles. The van der Waals surface area contributed by atoms with Crippen molar-refractivity contribution < 1.29 is 39.9 Å². The van der Waals surface area contributed by atoms with Gasteiger partial charge in [-0.2, -0.15) is 27.2 Å². The topological polar surface area (TPSA) is 114 Å². The number of benzene rings is 1. The van der Waals surface area contributed by atoms with Crippen molar-refractivity contribution in [3.05, 3.63) is 41.0 Å². The SMILES string of the molecule is Cc1nc(C(=O)NCC2CCC(S(C)(=O)=O)CC2)c(C#N)n1-c1ccc(CC(C)(C)C(F)(F)F)cc1OC(F)F. The van der Waals surface area contributed by atoms with Crippen LogP contribution in [0.15, 0.2) is 18.2 Å². The summed E-state index contributed by atoms with van der Waals surface area (Å²) in [7, 11) is -3.13. The summed E-state index contributed by atoms with van der Waals surface area (Å²) in [5.74, 6) is -1.02. The molecule has 1 aliphatic carbocycles. The van der Waals surface area contributed by atoms with Crippen LogP contribution in [0.1, 0.15) is 67.1 Å². The lowest BCUT2D eigenvalue weighted by Crippen LogP contribution is -2.34. The molecule has 8 nitrogen and oxygen atoms in total. The quantitative estimate of drug-likeness (QED) is 0.406. The number of nitrogens with zero attached hydrogens (tertiary/aromatic N) is 3. The first-order valence-corrected chi connectivity index (χ1v) is 14.5. The van der Waals surface area contributed by atoms with Gasteiger partial charge < -0.3 is 10.1 Å². The number of carbonyl (C=O) groups excluding carboxylic acids is 1. The maximum Gasteiger partial charge on any atom is 0.394 e. The summed E-state index contributed by atoms with van der Waals surface area (Å²) < 4.78 is 96.0. The summed E-state index contributed by atoms with van der Waals surface area (Å²) in [4.78, 5) is 17.1. The number of ether oxygens (including phenoxy) is 1. The zero-order valence-corrected chi connectivity index (χ0v) is 23.3. The van der Waals surface area contributed by atoms with Crippen LogP contribution >= 0.6 is 0 Å². The average molecular weight is 591 g/mol. The van der Waals surface area contributed by atoms with Crippen LogP contribution in [0, 0.1) is 29.6 Å². The normalized spacial score (nSPS) is 18.4. The van der Waals surface area contributed by atoms with E-state index in [-0.39, 0.29) is 40.9 Å². The zero-order valence-electron chi connectivity index (χ0n) is 22.5. The summed E-state index contributed by atoms with van der Waals surface area (Å²) in [6.07, 6.45) is -1.68. The molecule has 0 atom stereocenters. The van der Waals surface area contributed by atoms with E-state index in [2.05, 4.69) is 15.0 Å². The number of aromatic nitrogens is 2. The average Bonchev–Trinajstić information content (AvgIpc) is 3.17. The molecule has 1 aromatic heterocycles. The van der Waals surface area contributed by atoms with Crippen LogP contribution < -0.4 is 10.1 Å². The number of amides is 1. The van der Waals surface area contributed by atoms with Gasteiger partial charge in [-0.1, -0.05) is 19.9 Å². The van der Waals surface area contributed by atoms with Crippen molar-refractivity contribution in [3.63, 3.8) is 0 Å².